The molecular formula is C15H20FNO. The van der Waals surface area contributed by atoms with Gasteiger partial charge in [0.25, 0.3) is 0 Å². The summed E-state index contributed by atoms with van der Waals surface area (Å²) in [6.07, 6.45) is 1.34. The predicted molar refractivity (Wildman–Crippen MR) is 69.9 cm³/mol. The summed E-state index contributed by atoms with van der Waals surface area (Å²) in [4.78, 5) is 14.2. The third kappa shape index (κ3) is 3.16. The van der Waals surface area contributed by atoms with Gasteiger partial charge in [0.1, 0.15) is 5.82 Å². The van der Waals surface area contributed by atoms with Crippen LogP contribution in [0.3, 0.4) is 0 Å². The lowest BCUT2D eigenvalue weighted by Gasteiger charge is -2.19. The zero-order chi connectivity index (χ0) is 13.1. The third-order valence-electron chi connectivity index (χ3n) is 3.64. The first-order chi connectivity index (χ1) is 8.56. The Morgan fingerprint density at radius 2 is 2.11 bits per heavy atom. The monoisotopic (exact) mass is 249 g/mol. The van der Waals surface area contributed by atoms with Crippen molar-refractivity contribution in [3.63, 3.8) is 0 Å². The summed E-state index contributed by atoms with van der Waals surface area (Å²) >= 11 is 0. The van der Waals surface area contributed by atoms with Crippen LogP contribution in [0.5, 0.6) is 0 Å². The number of hydrogen-bond donors (Lipinski definition) is 0. The van der Waals surface area contributed by atoms with Gasteiger partial charge in [-0.15, -0.1) is 0 Å². The summed E-state index contributed by atoms with van der Waals surface area (Å²) in [5.41, 5.74) is 0.502. The standard InChI is InChI=1S/C15H20FNO/c1-11-7-12(2)17(9-11)10-14(18)8-13-5-3-4-6-15(13)16/h3-6,11-12H,7-10H2,1-2H3. The molecule has 1 aliphatic rings. The average Bonchev–Trinajstić information content (AvgIpc) is 2.61. The lowest BCUT2D eigenvalue weighted by atomic mass is 10.1. The maximum Gasteiger partial charge on any atom is 0.151 e. The Hall–Kier alpha value is -1.22. The van der Waals surface area contributed by atoms with Crippen molar-refractivity contribution in [2.24, 2.45) is 5.92 Å². The van der Waals surface area contributed by atoms with E-state index < -0.39 is 0 Å². The number of carbonyl (C=O) groups is 1. The van der Waals surface area contributed by atoms with Gasteiger partial charge < -0.3 is 0 Å². The normalized spacial score (nSPS) is 24.4. The minimum Gasteiger partial charge on any atom is -0.298 e. The molecule has 2 rings (SSSR count). The van der Waals surface area contributed by atoms with Gasteiger partial charge >= 0.3 is 0 Å². The highest BCUT2D eigenvalue weighted by molar-refractivity contribution is 5.82. The molecule has 2 nitrogen and oxygen atoms in total. The summed E-state index contributed by atoms with van der Waals surface area (Å²) in [6.45, 7) is 5.78. The SMILES string of the molecule is CC1CC(C)N(CC(=O)Cc2ccccc2F)C1. The lowest BCUT2D eigenvalue weighted by Crippen LogP contribution is -2.33. The lowest BCUT2D eigenvalue weighted by molar-refractivity contribution is -0.119. The van der Waals surface area contributed by atoms with Crippen molar-refractivity contribution in [2.45, 2.75) is 32.7 Å². The second kappa shape index (κ2) is 5.61. The number of likely N-dealkylation sites (tertiary alicyclic amines) is 1. The molecule has 98 valence electrons. The van der Waals surface area contributed by atoms with E-state index in [4.69, 9.17) is 0 Å². The number of ketones is 1. The van der Waals surface area contributed by atoms with Gasteiger partial charge in [-0.3, -0.25) is 9.69 Å². The minimum atomic E-state index is -0.284. The van der Waals surface area contributed by atoms with Gasteiger partial charge in [0.2, 0.25) is 0 Å². The number of carbonyl (C=O) groups excluding carboxylic acids is 1. The molecule has 1 aromatic rings. The highest BCUT2D eigenvalue weighted by atomic mass is 19.1. The van der Waals surface area contributed by atoms with Crippen molar-refractivity contribution >= 4 is 5.78 Å². The topological polar surface area (TPSA) is 20.3 Å². The Morgan fingerprint density at radius 1 is 1.39 bits per heavy atom. The maximum atomic E-state index is 13.4. The molecule has 18 heavy (non-hydrogen) atoms. The molecular weight excluding hydrogens is 229 g/mol. The van der Waals surface area contributed by atoms with Crippen molar-refractivity contribution in [1.82, 2.24) is 4.90 Å². The number of halogens is 1. The van der Waals surface area contributed by atoms with Gasteiger partial charge in [-0.2, -0.15) is 0 Å². The third-order valence-corrected chi connectivity index (χ3v) is 3.64. The molecule has 0 bridgehead atoms. The first-order valence-corrected chi connectivity index (χ1v) is 6.55. The van der Waals surface area contributed by atoms with E-state index in [2.05, 4.69) is 18.7 Å². The van der Waals surface area contributed by atoms with E-state index in [1.54, 1.807) is 18.2 Å². The molecule has 0 aromatic heterocycles. The van der Waals surface area contributed by atoms with E-state index in [1.807, 2.05) is 0 Å². The Bertz CT molecular complexity index is 432. The van der Waals surface area contributed by atoms with Crippen molar-refractivity contribution in [3.8, 4) is 0 Å². The van der Waals surface area contributed by atoms with Crippen molar-refractivity contribution in [1.29, 1.82) is 0 Å². The highest BCUT2D eigenvalue weighted by Crippen LogP contribution is 2.22. The van der Waals surface area contributed by atoms with Crippen molar-refractivity contribution in [3.05, 3.63) is 35.6 Å². The number of nitrogens with zero attached hydrogens (tertiary/aromatic N) is 1. The summed E-state index contributed by atoms with van der Waals surface area (Å²) in [5, 5.41) is 0. The Kier molecular flexibility index (Phi) is 4.12. The van der Waals surface area contributed by atoms with Gasteiger partial charge in [-0.05, 0) is 30.9 Å². The molecule has 0 aliphatic carbocycles. The van der Waals surface area contributed by atoms with Crippen LogP contribution in [0.2, 0.25) is 0 Å². The van der Waals surface area contributed by atoms with Crippen LogP contribution in [0.25, 0.3) is 0 Å². The fourth-order valence-corrected chi connectivity index (χ4v) is 2.74. The van der Waals surface area contributed by atoms with Crippen LogP contribution in [0.4, 0.5) is 4.39 Å². The van der Waals surface area contributed by atoms with Crippen LogP contribution < -0.4 is 0 Å². The van der Waals surface area contributed by atoms with Gasteiger partial charge in [0.15, 0.2) is 5.78 Å². The maximum absolute atomic E-state index is 13.4. The Balaban J connectivity index is 1.91. The second-order valence-corrected chi connectivity index (χ2v) is 5.43. The van der Waals surface area contributed by atoms with E-state index in [1.165, 1.54) is 6.07 Å². The van der Waals surface area contributed by atoms with Crippen LogP contribution >= 0.6 is 0 Å². The molecule has 1 aliphatic heterocycles. The molecule has 1 aromatic carbocycles. The fraction of sp³-hybridized carbons (Fsp3) is 0.533. The molecule has 1 saturated heterocycles. The fourth-order valence-electron chi connectivity index (χ4n) is 2.74. The van der Waals surface area contributed by atoms with E-state index in [-0.39, 0.29) is 18.0 Å². The molecule has 2 unspecified atom stereocenters. The summed E-state index contributed by atoms with van der Waals surface area (Å²) < 4.78 is 13.4. The number of benzene rings is 1. The Labute approximate surface area is 108 Å². The van der Waals surface area contributed by atoms with E-state index in [0.29, 0.717) is 24.1 Å². The number of hydrogen-bond acceptors (Lipinski definition) is 2. The van der Waals surface area contributed by atoms with Crippen LogP contribution in [0, 0.1) is 11.7 Å². The number of Topliss-reactive ketones (excluding diaryl/α,β-unsaturated/α-hetero) is 1. The molecule has 0 amide bonds. The second-order valence-electron chi connectivity index (χ2n) is 5.43. The summed E-state index contributed by atoms with van der Waals surface area (Å²) in [7, 11) is 0. The zero-order valence-electron chi connectivity index (χ0n) is 11.0. The van der Waals surface area contributed by atoms with Gasteiger partial charge in [-0.1, -0.05) is 25.1 Å². The van der Waals surface area contributed by atoms with Crippen molar-refractivity contribution < 1.29 is 9.18 Å². The zero-order valence-corrected chi connectivity index (χ0v) is 11.0. The molecule has 0 radical (unpaired) electrons. The van der Waals surface area contributed by atoms with Gasteiger partial charge in [0, 0.05) is 19.0 Å². The average molecular weight is 249 g/mol. The van der Waals surface area contributed by atoms with Crippen LogP contribution in [-0.2, 0) is 11.2 Å². The van der Waals surface area contributed by atoms with E-state index in [0.717, 1.165) is 13.0 Å². The Morgan fingerprint density at radius 3 is 2.72 bits per heavy atom. The minimum absolute atomic E-state index is 0.0982. The first-order valence-electron chi connectivity index (χ1n) is 6.55. The quantitative estimate of drug-likeness (QED) is 0.817. The van der Waals surface area contributed by atoms with E-state index in [9.17, 15) is 9.18 Å². The first kappa shape index (κ1) is 13.2. The molecule has 1 fully saturated rings. The van der Waals surface area contributed by atoms with Crippen LogP contribution in [0.15, 0.2) is 24.3 Å². The number of rotatable bonds is 4. The largest absolute Gasteiger partial charge is 0.298 e. The molecule has 0 saturated carbocycles. The molecule has 1 heterocycles. The van der Waals surface area contributed by atoms with Crippen LogP contribution in [0.1, 0.15) is 25.8 Å². The van der Waals surface area contributed by atoms with Gasteiger partial charge in [-0.25, -0.2) is 4.39 Å². The molecule has 2 atom stereocenters. The van der Waals surface area contributed by atoms with Crippen molar-refractivity contribution in [2.75, 3.05) is 13.1 Å². The van der Waals surface area contributed by atoms with Crippen LogP contribution in [-0.4, -0.2) is 29.8 Å². The molecule has 3 heteroatoms. The van der Waals surface area contributed by atoms with Gasteiger partial charge in [0.05, 0.1) is 6.54 Å². The summed E-state index contributed by atoms with van der Waals surface area (Å²) in [6, 6.07) is 6.97. The smallest absolute Gasteiger partial charge is 0.151 e. The highest BCUT2D eigenvalue weighted by Gasteiger charge is 2.27. The van der Waals surface area contributed by atoms with E-state index >= 15 is 0 Å². The molecule has 0 spiro atoms. The summed E-state index contributed by atoms with van der Waals surface area (Å²) in [5.74, 6) is 0.469. The molecule has 0 N–H and O–H groups in total. The predicted octanol–water partition coefficient (Wildman–Crippen LogP) is 2.67.